The topological polar surface area (TPSA) is 46.2 Å². The summed E-state index contributed by atoms with van der Waals surface area (Å²) >= 11 is 4.67. The zero-order valence-electron chi connectivity index (χ0n) is 10.4. The number of amides is 1. The molecule has 98 valence electrons. The summed E-state index contributed by atoms with van der Waals surface area (Å²) in [6.45, 7) is 3.82. The summed E-state index contributed by atoms with van der Waals surface area (Å²) < 4.78 is 0.794. The minimum Gasteiger partial charge on any atom is -0.353 e. The van der Waals surface area contributed by atoms with E-state index >= 15 is 0 Å². The molecule has 1 N–H and O–H groups in total. The second kappa shape index (κ2) is 7.59. The molecule has 0 aromatic heterocycles. The molecule has 0 saturated carbocycles. The number of benzene rings is 1. The summed E-state index contributed by atoms with van der Waals surface area (Å²) in [5.41, 5.74) is 0.661. The molecular weight excluding hydrogens is 314 g/mol. The SMILES string of the molecule is CC(C)NC(=O)CSCC(=O)c1ccccc1Br. The smallest absolute Gasteiger partial charge is 0.230 e. The van der Waals surface area contributed by atoms with E-state index in [2.05, 4.69) is 21.2 Å². The first-order valence-electron chi connectivity index (χ1n) is 5.65. The molecule has 1 aromatic carbocycles. The van der Waals surface area contributed by atoms with Crippen molar-refractivity contribution < 1.29 is 9.59 Å². The van der Waals surface area contributed by atoms with Gasteiger partial charge in [-0.2, -0.15) is 0 Å². The van der Waals surface area contributed by atoms with Crippen LogP contribution < -0.4 is 5.32 Å². The molecule has 5 heteroatoms. The van der Waals surface area contributed by atoms with Crippen molar-refractivity contribution in [3.05, 3.63) is 34.3 Å². The Morgan fingerprint density at radius 2 is 1.94 bits per heavy atom. The van der Waals surface area contributed by atoms with Gasteiger partial charge in [-0.3, -0.25) is 9.59 Å². The van der Waals surface area contributed by atoms with Crippen LogP contribution in [0.2, 0.25) is 0 Å². The summed E-state index contributed by atoms with van der Waals surface area (Å²) in [5, 5.41) is 2.79. The Bertz CT molecular complexity index is 435. The number of Topliss-reactive ketones (excluding diaryl/α,β-unsaturated/α-hetero) is 1. The van der Waals surface area contributed by atoms with E-state index < -0.39 is 0 Å². The van der Waals surface area contributed by atoms with Crippen molar-refractivity contribution in [2.45, 2.75) is 19.9 Å². The van der Waals surface area contributed by atoms with E-state index in [0.29, 0.717) is 17.1 Å². The Hall–Kier alpha value is -0.810. The Labute approximate surface area is 120 Å². The van der Waals surface area contributed by atoms with E-state index in [1.807, 2.05) is 32.0 Å². The van der Waals surface area contributed by atoms with Crippen LogP contribution >= 0.6 is 27.7 Å². The molecule has 0 atom stereocenters. The lowest BCUT2D eigenvalue weighted by Crippen LogP contribution is -2.31. The average Bonchev–Trinajstić information content (AvgIpc) is 2.28. The van der Waals surface area contributed by atoms with E-state index in [1.54, 1.807) is 6.07 Å². The van der Waals surface area contributed by atoms with Gasteiger partial charge in [0.15, 0.2) is 5.78 Å². The Kier molecular flexibility index (Phi) is 6.43. The van der Waals surface area contributed by atoms with Gasteiger partial charge >= 0.3 is 0 Å². The van der Waals surface area contributed by atoms with Crippen LogP contribution in [-0.4, -0.2) is 29.2 Å². The summed E-state index contributed by atoms with van der Waals surface area (Å²) in [5.74, 6) is 0.627. The van der Waals surface area contributed by atoms with Crippen LogP contribution in [0, 0.1) is 0 Å². The summed E-state index contributed by atoms with van der Waals surface area (Å²) in [4.78, 5) is 23.3. The predicted molar refractivity (Wildman–Crippen MR) is 79.1 cm³/mol. The number of halogens is 1. The highest BCUT2D eigenvalue weighted by molar-refractivity contribution is 9.10. The maximum atomic E-state index is 11.9. The molecule has 0 saturated heterocycles. The number of nitrogens with one attached hydrogen (secondary N) is 1. The Morgan fingerprint density at radius 3 is 2.56 bits per heavy atom. The fourth-order valence-corrected chi connectivity index (χ4v) is 2.58. The lowest BCUT2D eigenvalue weighted by molar-refractivity contribution is -0.119. The van der Waals surface area contributed by atoms with Crippen LogP contribution in [0.5, 0.6) is 0 Å². The van der Waals surface area contributed by atoms with Crippen molar-refractivity contribution in [3.63, 3.8) is 0 Å². The highest BCUT2D eigenvalue weighted by Gasteiger charge is 2.10. The molecule has 1 rings (SSSR count). The lowest BCUT2D eigenvalue weighted by atomic mass is 10.1. The molecule has 0 spiro atoms. The van der Waals surface area contributed by atoms with Crippen molar-refractivity contribution >= 4 is 39.4 Å². The predicted octanol–water partition coefficient (Wildman–Crippen LogP) is 2.89. The van der Waals surface area contributed by atoms with Crippen molar-refractivity contribution in [2.75, 3.05) is 11.5 Å². The van der Waals surface area contributed by atoms with Crippen LogP contribution in [-0.2, 0) is 4.79 Å². The second-order valence-electron chi connectivity index (χ2n) is 4.12. The molecule has 1 amide bonds. The highest BCUT2D eigenvalue weighted by atomic mass is 79.9. The van der Waals surface area contributed by atoms with Crippen molar-refractivity contribution in [3.8, 4) is 0 Å². The van der Waals surface area contributed by atoms with Crippen molar-refractivity contribution in [2.24, 2.45) is 0 Å². The second-order valence-corrected chi connectivity index (χ2v) is 5.96. The fraction of sp³-hybridized carbons (Fsp3) is 0.385. The van der Waals surface area contributed by atoms with Gasteiger partial charge in [0.2, 0.25) is 5.91 Å². The van der Waals surface area contributed by atoms with Gasteiger partial charge in [0, 0.05) is 16.1 Å². The molecule has 0 aliphatic rings. The van der Waals surface area contributed by atoms with Crippen LogP contribution in [0.15, 0.2) is 28.7 Å². The molecule has 1 aromatic rings. The van der Waals surface area contributed by atoms with Crippen molar-refractivity contribution in [1.29, 1.82) is 0 Å². The van der Waals surface area contributed by atoms with Crippen LogP contribution in [0.1, 0.15) is 24.2 Å². The van der Waals surface area contributed by atoms with Gasteiger partial charge in [0.25, 0.3) is 0 Å². The van der Waals surface area contributed by atoms with E-state index in [0.717, 1.165) is 4.47 Å². The highest BCUT2D eigenvalue weighted by Crippen LogP contribution is 2.18. The molecule has 0 unspecified atom stereocenters. The number of carbonyl (C=O) groups is 2. The third kappa shape index (κ3) is 5.23. The zero-order chi connectivity index (χ0) is 13.5. The molecule has 0 aliphatic heterocycles. The molecular formula is C13H16BrNO2S. The van der Waals surface area contributed by atoms with Gasteiger partial charge in [0.1, 0.15) is 0 Å². The summed E-state index contributed by atoms with van der Waals surface area (Å²) in [6.07, 6.45) is 0. The van der Waals surface area contributed by atoms with Gasteiger partial charge in [-0.1, -0.05) is 34.1 Å². The van der Waals surface area contributed by atoms with Gasteiger partial charge in [-0.05, 0) is 19.9 Å². The lowest BCUT2D eigenvalue weighted by Gasteiger charge is -2.07. The molecule has 0 bridgehead atoms. The Balaban J connectivity index is 2.39. The minimum atomic E-state index is -0.0325. The first-order chi connectivity index (χ1) is 8.50. The van der Waals surface area contributed by atoms with E-state index in [4.69, 9.17) is 0 Å². The van der Waals surface area contributed by atoms with Crippen LogP contribution in [0.4, 0.5) is 0 Å². The molecule has 18 heavy (non-hydrogen) atoms. The third-order valence-corrected chi connectivity index (χ3v) is 3.71. The molecule has 0 aliphatic carbocycles. The Morgan fingerprint density at radius 1 is 1.28 bits per heavy atom. The molecule has 0 fully saturated rings. The number of rotatable bonds is 6. The third-order valence-electron chi connectivity index (χ3n) is 2.09. The zero-order valence-corrected chi connectivity index (χ0v) is 12.8. The van der Waals surface area contributed by atoms with Gasteiger partial charge in [-0.25, -0.2) is 0 Å². The van der Waals surface area contributed by atoms with Crippen LogP contribution in [0.25, 0.3) is 0 Å². The van der Waals surface area contributed by atoms with E-state index in [9.17, 15) is 9.59 Å². The number of ketones is 1. The van der Waals surface area contributed by atoms with E-state index in [-0.39, 0.29) is 17.7 Å². The first-order valence-corrected chi connectivity index (χ1v) is 7.60. The maximum Gasteiger partial charge on any atom is 0.230 e. The number of hydrogen-bond acceptors (Lipinski definition) is 3. The first kappa shape index (κ1) is 15.2. The molecule has 0 radical (unpaired) electrons. The van der Waals surface area contributed by atoms with Gasteiger partial charge in [-0.15, -0.1) is 11.8 Å². The standard InChI is InChI=1S/C13H16BrNO2S/c1-9(2)15-13(17)8-18-7-12(16)10-5-3-4-6-11(10)14/h3-6,9H,7-8H2,1-2H3,(H,15,17). The maximum absolute atomic E-state index is 11.9. The number of carbonyl (C=O) groups excluding carboxylic acids is 2. The quantitative estimate of drug-likeness (QED) is 0.816. The molecule has 3 nitrogen and oxygen atoms in total. The molecule has 0 heterocycles. The average molecular weight is 330 g/mol. The van der Waals surface area contributed by atoms with E-state index in [1.165, 1.54) is 11.8 Å². The van der Waals surface area contributed by atoms with Crippen LogP contribution in [0.3, 0.4) is 0 Å². The largest absolute Gasteiger partial charge is 0.353 e. The number of thioether (sulfide) groups is 1. The normalized spacial score (nSPS) is 10.4. The summed E-state index contributed by atoms with van der Waals surface area (Å²) in [7, 11) is 0. The minimum absolute atomic E-state index is 0.0322. The summed E-state index contributed by atoms with van der Waals surface area (Å²) in [6, 6.07) is 7.44. The fourth-order valence-electron chi connectivity index (χ4n) is 1.37. The number of hydrogen-bond donors (Lipinski definition) is 1. The van der Waals surface area contributed by atoms with Gasteiger partial charge < -0.3 is 5.32 Å². The monoisotopic (exact) mass is 329 g/mol. The van der Waals surface area contributed by atoms with Gasteiger partial charge in [0.05, 0.1) is 11.5 Å². The van der Waals surface area contributed by atoms with Crippen molar-refractivity contribution in [1.82, 2.24) is 5.32 Å².